The normalized spacial score (nSPS) is 12.0. The maximum atomic E-state index is 10.5. The third-order valence-electron chi connectivity index (χ3n) is 2.75. The zero-order chi connectivity index (χ0) is 15.4. The molecule has 1 unspecified atom stereocenters. The maximum absolute atomic E-state index is 10.5. The molecular formula is C15H12Cl2O4. The van der Waals surface area contributed by atoms with Crippen molar-refractivity contribution in [3.8, 4) is 11.5 Å². The molecule has 110 valence electrons. The van der Waals surface area contributed by atoms with Crippen LogP contribution in [-0.4, -0.2) is 16.2 Å². The Balaban J connectivity index is 2.12. The van der Waals surface area contributed by atoms with E-state index >= 15 is 0 Å². The fraction of sp³-hybridized carbons (Fsp3) is 0.133. The van der Waals surface area contributed by atoms with Crippen molar-refractivity contribution in [3.05, 3.63) is 58.1 Å². The number of aliphatic hydroxyl groups is 1. The second kappa shape index (κ2) is 6.80. The van der Waals surface area contributed by atoms with Crippen LogP contribution in [0.2, 0.25) is 10.0 Å². The zero-order valence-corrected chi connectivity index (χ0v) is 12.3. The number of halogens is 2. The van der Waals surface area contributed by atoms with Crippen molar-refractivity contribution in [2.24, 2.45) is 0 Å². The summed E-state index contributed by atoms with van der Waals surface area (Å²) < 4.78 is 5.59. The monoisotopic (exact) mass is 326 g/mol. The van der Waals surface area contributed by atoms with E-state index in [0.717, 1.165) is 0 Å². The molecule has 2 aromatic carbocycles. The van der Waals surface area contributed by atoms with Crippen LogP contribution < -0.4 is 4.74 Å². The molecule has 0 aliphatic carbocycles. The summed E-state index contributed by atoms with van der Waals surface area (Å²) in [6.45, 7) is 0. The molecule has 0 amide bonds. The topological polar surface area (TPSA) is 66.8 Å². The molecule has 2 N–H and O–H groups in total. The lowest BCUT2D eigenvalue weighted by atomic mass is 10.1. The first-order chi connectivity index (χ1) is 9.95. The van der Waals surface area contributed by atoms with Crippen molar-refractivity contribution < 1.29 is 19.7 Å². The largest absolute Gasteiger partial charge is 0.481 e. The number of carboxylic acid groups (broad SMARTS) is 1. The highest BCUT2D eigenvalue weighted by atomic mass is 35.5. The molecule has 2 rings (SSSR count). The van der Waals surface area contributed by atoms with Gasteiger partial charge in [0.15, 0.2) is 0 Å². The molecule has 6 heteroatoms. The molecule has 0 bridgehead atoms. The summed E-state index contributed by atoms with van der Waals surface area (Å²) in [5.74, 6) is -0.137. The minimum atomic E-state index is -1.06. The Kier molecular flexibility index (Phi) is 5.07. The Morgan fingerprint density at radius 3 is 2.43 bits per heavy atom. The van der Waals surface area contributed by atoms with E-state index in [1.807, 2.05) is 0 Å². The van der Waals surface area contributed by atoms with E-state index in [1.165, 1.54) is 0 Å². The first-order valence-corrected chi connectivity index (χ1v) is 6.84. The van der Waals surface area contributed by atoms with Crippen molar-refractivity contribution >= 4 is 29.2 Å². The molecule has 0 fully saturated rings. The van der Waals surface area contributed by atoms with E-state index in [2.05, 4.69) is 0 Å². The molecular weight excluding hydrogens is 315 g/mol. The van der Waals surface area contributed by atoms with Crippen molar-refractivity contribution in [3.63, 3.8) is 0 Å². The summed E-state index contributed by atoms with van der Waals surface area (Å²) in [7, 11) is 0. The lowest BCUT2D eigenvalue weighted by Gasteiger charge is -2.11. The number of benzene rings is 2. The van der Waals surface area contributed by atoms with Crippen molar-refractivity contribution in [1.29, 1.82) is 0 Å². The second-order valence-corrected chi connectivity index (χ2v) is 5.20. The standard InChI is InChI=1S/C15H12Cl2O4/c16-10-3-6-12(17)14(7-10)21-11-4-1-9(2-5-11)13(18)8-15(19)20/h1-7,13,18H,8H2,(H,19,20). The van der Waals surface area contributed by atoms with Crippen LogP contribution in [0.25, 0.3) is 0 Å². The highest BCUT2D eigenvalue weighted by Gasteiger charge is 2.12. The maximum Gasteiger partial charge on any atom is 0.306 e. The van der Waals surface area contributed by atoms with E-state index < -0.39 is 12.1 Å². The molecule has 2 aromatic rings. The smallest absolute Gasteiger partial charge is 0.306 e. The number of rotatable bonds is 5. The number of hydrogen-bond acceptors (Lipinski definition) is 3. The SMILES string of the molecule is O=C(O)CC(O)c1ccc(Oc2cc(Cl)ccc2Cl)cc1. The van der Waals surface area contributed by atoms with Gasteiger partial charge in [0.05, 0.1) is 17.5 Å². The zero-order valence-electron chi connectivity index (χ0n) is 10.8. The Labute approximate surface area is 131 Å². The van der Waals surface area contributed by atoms with Crippen molar-refractivity contribution in [1.82, 2.24) is 0 Å². The molecule has 0 aromatic heterocycles. The molecule has 1 atom stereocenters. The van der Waals surface area contributed by atoms with Crippen LogP contribution in [0.1, 0.15) is 18.1 Å². The number of aliphatic carboxylic acids is 1. The summed E-state index contributed by atoms with van der Waals surface area (Å²) in [4.78, 5) is 10.5. The predicted octanol–water partition coefficient (Wildman–Crippen LogP) is 4.29. The van der Waals surface area contributed by atoms with E-state index in [4.69, 9.17) is 33.0 Å². The number of aliphatic hydroxyl groups excluding tert-OH is 1. The van der Waals surface area contributed by atoms with Crippen LogP contribution in [0.4, 0.5) is 0 Å². The molecule has 0 aliphatic rings. The molecule has 0 spiro atoms. The Bertz CT molecular complexity index is 641. The molecule has 21 heavy (non-hydrogen) atoms. The lowest BCUT2D eigenvalue weighted by molar-refractivity contribution is -0.139. The van der Waals surface area contributed by atoms with E-state index in [9.17, 15) is 9.90 Å². The molecule has 0 aliphatic heterocycles. The van der Waals surface area contributed by atoms with Gasteiger partial charge in [0, 0.05) is 11.1 Å². The molecule has 0 saturated carbocycles. The van der Waals surface area contributed by atoms with Gasteiger partial charge in [-0.05, 0) is 29.8 Å². The van der Waals surface area contributed by atoms with Crippen molar-refractivity contribution in [2.75, 3.05) is 0 Å². The van der Waals surface area contributed by atoms with Gasteiger partial charge < -0.3 is 14.9 Å². The van der Waals surface area contributed by atoms with Gasteiger partial charge in [-0.2, -0.15) is 0 Å². The quantitative estimate of drug-likeness (QED) is 0.859. The molecule has 0 heterocycles. The minimum Gasteiger partial charge on any atom is -0.481 e. The van der Waals surface area contributed by atoms with Gasteiger partial charge in [-0.3, -0.25) is 4.79 Å². The highest BCUT2D eigenvalue weighted by Crippen LogP contribution is 2.32. The number of hydrogen-bond donors (Lipinski definition) is 2. The fourth-order valence-electron chi connectivity index (χ4n) is 1.72. The van der Waals surface area contributed by atoms with Crippen LogP contribution in [-0.2, 0) is 4.79 Å². The van der Waals surface area contributed by atoms with Crippen LogP contribution >= 0.6 is 23.2 Å². The molecule has 4 nitrogen and oxygen atoms in total. The van der Waals surface area contributed by atoms with Gasteiger partial charge in [0.1, 0.15) is 11.5 Å². The summed E-state index contributed by atoms with van der Waals surface area (Å²) >= 11 is 11.9. The van der Waals surface area contributed by atoms with Gasteiger partial charge in [0.2, 0.25) is 0 Å². The van der Waals surface area contributed by atoms with Crippen LogP contribution in [0.5, 0.6) is 11.5 Å². The summed E-state index contributed by atoms with van der Waals surface area (Å²) in [5.41, 5.74) is 0.502. The summed E-state index contributed by atoms with van der Waals surface area (Å²) in [6, 6.07) is 11.3. The van der Waals surface area contributed by atoms with Crippen LogP contribution in [0, 0.1) is 0 Å². The summed E-state index contributed by atoms with van der Waals surface area (Å²) in [5, 5.41) is 19.3. The fourth-order valence-corrected chi connectivity index (χ4v) is 2.04. The third-order valence-corrected chi connectivity index (χ3v) is 3.30. The van der Waals surface area contributed by atoms with Gasteiger partial charge in [0.25, 0.3) is 0 Å². The third kappa shape index (κ3) is 4.36. The average molecular weight is 327 g/mol. The Hall–Kier alpha value is -1.75. The molecule has 0 saturated heterocycles. The summed E-state index contributed by atoms with van der Waals surface area (Å²) in [6.07, 6.45) is -1.40. The number of carbonyl (C=O) groups is 1. The van der Waals surface area contributed by atoms with Gasteiger partial charge in [-0.25, -0.2) is 0 Å². The average Bonchev–Trinajstić information content (AvgIpc) is 2.43. The lowest BCUT2D eigenvalue weighted by Crippen LogP contribution is -2.05. The van der Waals surface area contributed by atoms with Gasteiger partial charge >= 0.3 is 5.97 Å². The van der Waals surface area contributed by atoms with E-state index in [-0.39, 0.29) is 6.42 Å². The van der Waals surface area contributed by atoms with Gasteiger partial charge in [-0.15, -0.1) is 0 Å². The number of ether oxygens (including phenoxy) is 1. The van der Waals surface area contributed by atoms with Gasteiger partial charge in [-0.1, -0.05) is 35.3 Å². The predicted molar refractivity (Wildman–Crippen MR) is 80.2 cm³/mol. The first-order valence-electron chi connectivity index (χ1n) is 6.08. The van der Waals surface area contributed by atoms with Crippen LogP contribution in [0.15, 0.2) is 42.5 Å². The minimum absolute atomic E-state index is 0.347. The number of carboxylic acids is 1. The van der Waals surface area contributed by atoms with Crippen LogP contribution in [0.3, 0.4) is 0 Å². The Morgan fingerprint density at radius 2 is 1.81 bits per heavy atom. The molecule has 0 radical (unpaired) electrons. The van der Waals surface area contributed by atoms with Crippen molar-refractivity contribution in [2.45, 2.75) is 12.5 Å². The van der Waals surface area contributed by atoms with E-state index in [0.29, 0.717) is 27.1 Å². The first kappa shape index (κ1) is 15.6. The second-order valence-electron chi connectivity index (χ2n) is 4.36. The van der Waals surface area contributed by atoms with E-state index in [1.54, 1.807) is 42.5 Å². The highest BCUT2D eigenvalue weighted by molar-refractivity contribution is 6.34. The Morgan fingerprint density at radius 1 is 1.14 bits per heavy atom.